The number of aromatic nitrogens is 4. The summed E-state index contributed by atoms with van der Waals surface area (Å²) in [7, 11) is 0. The van der Waals surface area contributed by atoms with Crippen LogP contribution in [0.15, 0.2) is 24.3 Å². The third kappa shape index (κ3) is 5.06. The molecule has 0 saturated carbocycles. The normalized spacial score (nSPS) is 16.7. The van der Waals surface area contributed by atoms with Gasteiger partial charge in [0.25, 0.3) is 5.91 Å². The van der Waals surface area contributed by atoms with E-state index < -0.39 is 0 Å². The van der Waals surface area contributed by atoms with Crippen molar-refractivity contribution < 1.29 is 9.59 Å². The molecule has 1 atom stereocenters. The molecule has 1 aliphatic rings. The van der Waals surface area contributed by atoms with Crippen molar-refractivity contribution in [2.75, 3.05) is 18.4 Å². The molecule has 0 aromatic carbocycles. The fourth-order valence-corrected chi connectivity index (χ4v) is 4.63. The van der Waals surface area contributed by atoms with Gasteiger partial charge in [-0.15, -0.1) is 0 Å². The topological polar surface area (TPSA) is 93.0 Å². The predicted molar refractivity (Wildman–Crippen MR) is 138 cm³/mol. The van der Waals surface area contributed by atoms with Crippen molar-refractivity contribution in [3.63, 3.8) is 0 Å². The molecule has 0 radical (unpaired) electrons. The fourth-order valence-electron chi connectivity index (χ4n) is 4.63. The van der Waals surface area contributed by atoms with Gasteiger partial charge in [-0.05, 0) is 71.6 Å². The molecule has 1 fully saturated rings. The summed E-state index contributed by atoms with van der Waals surface area (Å²) in [6.45, 7) is 15.2. The zero-order valence-corrected chi connectivity index (χ0v) is 21.8. The third-order valence-corrected chi connectivity index (χ3v) is 6.51. The molecule has 0 bridgehead atoms. The minimum absolute atomic E-state index is 0.0676. The van der Waals surface area contributed by atoms with Gasteiger partial charge in [0.1, 0.15) is 5.82 Å². The Morgan fingerprint density at radius 3 is 2.54 bits per heavy atom. The summed E-state index contributed by atoms with van der Waals surface area (Å²) in [6.07, 6.45) is 1.52. The average molecular weight is 477 g/mol. The molecular weight excluding hydrogens is 440 g/mol. The van der Waals surface area contributed by atoms with Gasteiger partial charge in [-0.3, -0.25) is 9.59 Å². The van der Waals surface area contributed by atoms with E-state index in [4.69, 9.17) is 10.1 Å². The average Bonchev–Trinajstić information content (AvgIpc) is 3.15. The van der Waals surface area contributed by atoms with Gasteiger partial charge in [-0.25, -0.2) is 14.6 Å². The lowest BCUT2D eigenvalue weighted by atomic mass is 9.95. The molecule has 2 amide bonds. The zero-order chi connectivity index (χ0) is 25.5. The molecule has 0 spiro atoms. The molecule has 1 saturated heterocycles. The number of anilines is 1. The highest BCUT2D eigenvalue weighted by Gasteiger charge is 2.32. The van der Waals surface area contributed by atoms with Crippen molar-refractivity contribution in [1.82, 2.24) is 24.6 Å². The van der Waals surface area contributed by atoms with Crippen LogP contribution in [0.1, 0.15) is 80.8 Å². The number of nitrogens with one attached hydrogen (secondary N) is 1. The number of aryl methyl sites for hydroxylation is 2. The Morgan fingerprint density at radius 2 is 1.89 bits per heavy atom. The summed E-state index contributed by atoms with van der Waals surface area (Å²) < 4.78 is 1.92. The summed E-state index contributed by atoms with van der Waals surface area (Å²) in [5.41, 5.74) is 3.58. The first-order chi connectivity index (χ1) is 16.5. The standard InChI is InChI=1S/C27H36N6O2/c1-16(2)21-14-20(23-18(4)31-33(24(23)29-21)27(5,6)7)26(35)32-13-9-11-19(15-32)25(34)30-22-12-8-10-17(3)28-22/h8,10,12,14,16,19H,9,11,13,15H2,1-7H3,(H,28,30,34). The van der Waals surface area contributed by atoms with Crippen LogP contribution in [0.2, 0.25) is 0 Å². The minimum atomic E-state index is -0.282. The van der Waals surface area contributed by atoms with Crippen molar-refractivity contribution in [2.24, 2.45) is 5.92 Å². The Morgan fingerprint density at radius 1 is 1.14 bits per heavy atom. The number of fused-ring (bicyclic) bond motifs is 1. The van der Waals surface area contributed by atoms with Gasteiger partial charge in [0.05, 0.1) is 28.1 Å². The number of carbonyl (C=O) groups is 2. The van der Waals surface area contributed by atoms with E-state index in [0.717, 1.165) is 41.0 Å². The van der Waals surface area contributed by atoms with E-state index in [0.29, 0.717) is 24.5 Å². The van der Waals surface area contributed by atoms with Gasteiger partial charge in [0.15, 0.2) is 5.65 Å². The van der Waals surface area contributed by atoms with E-state index >= 15 is 0 Å². The number of hydrogen-bond acceptors (Lipinski definition) is 5. The summed E-state index contributed by atoms with van der Waals surface area (Å²) in [6, 6.07) is 7.46. The van der Waals surface area contributed by atoms with Crippen molar-refractivity contribution >= 4 is 28.7 Å². The molecule has 8 nitrogen and oxygen atoms in total. The molecule has 8 heteroatoms. The molecule has 4 rings (SSSR count). The van der Waals surface area contributed by atoms with Gasteiger partial charge in [0.2, 0.25) is 5.91 Å². The van der Waals surface area contributed by atoms with Crippen LogP contribution in [0.3, 0.4) is 0 Å². The minimum Gasteiger partial charge on any atom is -0.338 e. The first kappa shape index (κ1) is 24.8. The number of amides is 2. The van der Waals surface area contributed by atoms with Gasteiger partial charge < -0.3 is 10.2 Å². The van der Waals surface area contributed by atoms with E-state index in [9.17, 15) is 9.59 Å². The molecule has 4 heterocycles. The second-order valence-electron chi connectivity index (χ2n) is 10.9. The van der Waals surface area contributed by atoms with Gasteiger partial charge in [0, 0.05) is 24.5 Å². The lowest BCUT2D eigenvalue weighted by molar-refractivity contribution is -0.121. The highest BCUT2D eigenvalue weighted by molar-refractivity contribution is 6.07. The summed E-state index contributed by atoms with van der Waals surface area (Å²) in [5, 5.41) is 8.48. The molecule has 1 unspecified atom stereocenters. The third-order valence-electron chi connectivity index (χ3n) is 6.51. The fraction of sp³-hybridized carbons (Fsp3) is 0.519. The maximum atomic E-state index is 13.9. The van der Waals surface area contributed by atoms with Gasteiger partial charge in [-0.1, -0.05) is 19.9 Å². The van der Waals surface area contributed by atoms with Crippen LogP contribution in [0.5, 0.6) is 0 Å². The summed E-state index contributed by atoms with van der Waals surface area (Å²) >= 11 is 0. The molecule has 1 N–H and O–H groups in total. The van der Waals surface area contributed by atoms with Crippen molar-refractivity contribution in [3.8, 4) is 0 Å². The Labute approximate surface area is 207 Å². The smallest absolute Gasteiger partial charge is 0.254 e. The van der Waals surface area contributed by atoms with Crippen LogP contribution in [0.4, 0.5) is 5.82 Å². The Kier molecular flexibility index (Phi) is 6.66. The number of hydrogen-bond donors (Lipinski definition) is 1. The molecule has 3 aromatic heterocycles. The zero-order valence-electron chi connectivity index (χ0n) is 21.8. The SMILES string of the molecule is Cc1cccc(NC(=O)C2CCCN(C(=O)c3cc(C(C)C)nc4c3c(C)nn4C(C)(C)C)C2)n1. The maximum absolute atomic E-state index is 13.9. The molecule has 35 heavy (non-hydrogen) atoms. The number of pyridine rings is 2. The number of nitrogens with zero attached hydrogens (tertiary/aromatic N) is 5. The lowest BCUT2D eigenvalue weighted by Crippen LogP contribution is -2.44. The number of rotatable bonds is 4. The Balaban J connectivity index is 1.65. The molecule has 186 valence electrons. The van der Waals surface area contributed by atoms with Crippen LogP contribution < -0.4 is 5.32 Å². The largest absolute Gasteiger partial charge is 0.338 e. The van der Waals surface area contributed by atoms with Crippen LogP contribution in [0.25, 0.3) is 11.0 Å². The summed E-state index contributed by atoms with van der Waals surface area (Å²) in [5.74, 6) is 0.259. The number of piperidine rings is 1. The summed E-state index contributed by atoms with van der Waals surface area (Å²) in [4.78, 5) is 38.0. The first-order valence-electron chi connectivity index (χ1n) is 12.4. The van der Waals surface area contributed by atoms with E-state index in [1.165, 1.54) is 0 Å². The quantitative estimate of drug-likeness (QED) is 0.583. The highest BCUT2D eigenvalue weighted by atomic mass is 16.2. The van der Waals surface area contributed by atoms with Crippen molar-refractivity contribution in [1.29, 1.82) is 0 Å². The molecule has 1 aliphatic heterocycles. The Bertz CT molecular complexity index is 1270. The predicted octanol–water partition coefficient (Wildman–Crippen LogP) is 4.81. The van der Waals surface area contributed by atoms with E-state index in [1.54, 1.807) is 6.07 Å². The first-order valence-corrected chi connectivity index (χ1v) is 12.4. The van der Waals surface area contributed by atoms with Crippen LogP contribution in [-0.4, -0.2) is 49.6 Å². The molecule has 0 aliphatic carbocycles. The van der Waals surface area contributed by atoms with Crippen molar-refractivity contribution in [2.45, 2.75) is 72.8 Å². The van der Waals surface area contributed by atoms with Crippen LogP contribution >= 0.6 is 0 Å². The van der Waals surface area contributed by atoms with Crippen molar-refractivity contribution in [3.05, 3.63) is 46.9 Å². The van der Waals surface area contributed by atoms with Gasteiger partial charge >= 0.3 is 0 Å². The van der Waals surface area contributed by atoms with Crippen LogP contribution in [0, 0.1) is 19.8 Å². The van der Waals surface area contributed by atoms with Gasteiger partial charge in [-0.2, -0.15) is 5.10 Å². The number of carbonyl (C=O) groups excluding carboxylic acids is 2. The second-order valence-corrected chi connectivity index (χ2v) is 10.9. The monoisotopic (exact) mass is 476 g/mol. The second kappa shape index (κ2) is 9.40. The van der Waals surface area contributed by atoms with E-state index in [1.807, 2.05) is 41.6 Å². The molecular formula is C27H36N6O2. The van der Waals surface area contributed by atoms with E-state index in [-0.39, 0.29) is 29.2 Å². The van der Waals surface area contributed by atoms with Crippen LogP contribution in [-0.2, 0) is 10.3 Å². The van der Waals surface area contributed by atoms with E-state index in [2.05, 4.69) is 44.9 Å². The number of likely N-dealkylation sites (tertiary alicyclic amines) is 1. The maximum Gasteiger partial charge on any atom is 0.254 e. The highest BCUT2D eigenvalue weighted by Crippen LogP contribution is 2.30. The molecule has 3 aromatic rings. The Hall–Kier alpha value is -3.29. The lowest BCUT2D eigenvalue weighted by Gasteiger charge is -2.32.